The lowest BCUT2D eigenvalue weighted by Gasteiger charge is -2.57. The van der Waals surface area contributed by atoms with Crippen molar-refractivity contribution in [1.29, 1.82) is 0 Å². The van der Waals surface area contributed by atoms with Gasteiger partial charge in [-0.05, 0) is 92.4 Å². The van der Waals surface area contributed by atoms with E-state index in [1.54, 1.807) is 0 Å². The minimum atomic E-state index is -3.80. The molecule has 1 N–H and O–H groups in total. The topological polar surface area (TPSA) is 84.4 Å². The molecule has 0 spiro atoms. The fourth-order valence-corrected chi connectivity index (χ4v) is 8.81. The predicted molar refractivity (Wildman–Crippen MR) is 126 cm³/mol. The van der Waals surface area contributed by atoms with E-state index in [2.05, 4.69) is 20.0 Å². The van der Waals surface area contributed by atoms with Crippen molar-refractivity contribution in [2.24, 2.45) is 23.2 Å². The van der Waals surface area contributed by atoms with Gasteiger partial charge in [0, 0.05) is 18.7 Å². The van der Waals surface area contributed by atoms with Crippen LogP contribution < -0.4 is 10.1 Å². The molecular formula is C25H30F2N4O3S. The van der Waals surface area contributed by atoms with Gasteiger partial charge in [-0.3, -0.25) is 0 Å². The zero-order chi connectivity index (χ0) is 24.2. The first-order chi connectivity index (χ1) is 16.8. The summed E-state index contributed by atoms with van der Waals surface area (Å²) in [5, 5.41) is 3.64. The van der Waals surface area contributed by atoms with Crippen molar-refractivity contribution >= 4 is 15.8 Å². The first-order valence-electron chi connectivity index (χ1n) is 12.4. The maximum Gasteiger partial charge on any atom is 0.387 e. The van der Waals surface area contributed by atoms with E-state index in [4.69, 9.17) is 0 Å². The number of hydrogen-bond donors (Lipinski definition) is 1. The molecule has 4 fully saturated rings. The Balaban J connectivity index is 1.16. The van der Waals surface area contributed by atoms with Crippen LogP contribution >= 0.6 is 0 Å². The normalized spacial score (nSPS) is 29.9. The second kappa shape index (κ2) is 8.65. The zero-order valence-electron chi connectivity index (χ0n) is 19.5. The van der Waals surface area contributed by atoms with Crippen molar-refractivity contribution in [1.82, 2.24) is 14.3 Å². The monoisotopic (exact) mass is 504 g/mol. The van der Waals surface area contributed by atoms with Crippen LogP contribution in [0, 0.1) is 23.2 Å². The highest BCUT2D eigenvalue weighted by molar-refractivity contribution is 7.89. The number of halogens is 2. The molecule has 4 saturated carbocycles. The van der Waals surface area contributed by atoms with Gasteiger partial charge in [-0.25, -0.2) is 18.4 Å². The largest absolute Gasteiger partial charge is 0.435 e. The van der Waals surface area contributed by atoms with E-state index in [1.165, 1.54) is 73.4 Å². The Labute approximate surface area is 204 Å². The van der Waals surface area contributed by atoms with Crippen LogP contribution in [0.25, 0.3) is 0 Å². The molecule has 0 unspecified atom stereocenters. The number of nitrogens with one attached hydrogen (secondary N) is 1. The molecule has 0 saturated heterocycles. The Hall–Kier alpha value is -2.33. The molecule has 5 aliphatic rings. The Morgan fingerprint density at radius 1 is 1.06 bits per heavy atom. The second-order valence-corrected chi connectivity index (χ2v) is 12.8. The lowest BCUT2D eigenvalue weighted by Crippen LogP contribution is -2.49. The van der Waals surface area contributed by atoms with Crippen LogP contribution in [0.3, 0.4) is 0 Å². The van der Waals surface area contributed by atoms with Crippen LogP contribution in [0.4, 0.5) is 14.6 Å². The first-order valence-corrected chi connectivity index (χ1v) is 13.9. The first kappa shape index (κ1) is 23.1. The van der Waals surface area contributed by atoms with Gasteiger partial charge in [0.05, 0.1) is 17.1 Å². The van der Waals surface area contributed by atoms with Crippen molar-refractivity contribution in [3.63, 3.8) is 0 Å². The summed E-state index contributed by atoms with van der Waals surface area (Å²) in [6.45, 7) is -1.57. The summed E-state index contributed by atoms with van der Waals surface area (Å²) in [5.74, 6) is 3.41. The molecule has 4 bridgehead atoms. The van der Waals surface area contributed by atoms with Gasteiger partial charge in [0.2, 0.25) is 10.0 Å². The van der Waals surface area contributed by atoms with Crippen molar-refractivity contribution in [2.75, 3.05) is 18.4 Å². The van der Waals surface area contributed by atoms with Gasteiger partial charge in [-0.2, -0.15) is 13.1 Å². The molecule has 7 rings (SSSR count). The van der Waals surface area contributed by atoms with E-state index in [0.717, 1.165) is 35.7 Å². The molecule has 2 aromatic rings. The van der Waals surface area contributed by atoms with E-state index in [0.29, 0.717) is 24.1 Å². The third kappa shape index (κ3) is 4.39. The summed E-state index contributed by atoms with van der Waals surface area (Å²) in [5.41, 5.74) is 2.07. The minimum absolute atomic E-state index is 0.0387. The van der Waals surface area contributed by atoms with Gasteiger partial charge in [-0.1, -0.05) is 0 Å². The summed E-state index contributed by atoms with van der Waals surface area (Å²) in [6, 6.07) is 5.07. The standard InChI is InChI=1S/C25H30F2N4O3S/c26-24(27)34-19-1-3-20(4-2-19)35(32,33)31-6-5-21-22(13-31)29-15-30-23(21)28-14-25-10-16-7-17(11-25)9-18(8-16)12-25/h1-4,15-18,24H,5-14H2,(H,28,29,30). The highest BCUT2D eigenvalue weighted by Crippen LogP contribution is 2.60. The molecule has 1 aromatic carbocycles. The van der Waals surface area contributed by atoms with Gasteiger partial charge in [-0.15, -0.1) is 0 Å². The van der Waals surface area contributed by atoms with E-state index in [1.807, 2.05) is 0 Å². The summed E-state index contributed by atoms with van der Waals surface area (Å²) in [6.07, 6.45) is 10.2. The van der Waals surface area contributed by atoms with Gasteiger partial charge in [0.1, 0.15) is 17.9 Å². The van der Waals surface area contributed by atoms with Crippen molar-refractivity contribution in [3.05, 3.63) is 41.9 Å². The molecule has 10 heteroatoms. The fourth-order valence-electron chi connectivity index (χ4n) is 7.41. The molecule has 4 aliphatic carbocycles. The smallest absolute Gasteiger partial charge is 0.387 e. The van der Waals surface area contributed by atoms with E-state index >= 15 is 0 Å². The number of aromatic nitrogens is 2. The molecule has 7 nitrogen and oxygen atoms in total. The van der Waals surface area contributed by atoms with E-state index in [-0.39, 0.29) is 17.2 Å². The van der Waals surface area contributed by atoms with Crippen molar-refractivity contribution in [2.45, 2.75) is 63.0 Å². The third-order valence-electron chi connectivity index (χ3n) is 8.45. The summed E-state index contributed by atoms with van der Waals surface area (Å²) in [4.78, 5) is 8.96. The highest BCUT2D eigenvalue weighted by atomic mass is 32.2. The van der Waals surface area contributed by atoms with Crippen LogP contribution in [-0.4, -0.2) is 42.4 Å². The molecule has 188 valence electrons. The number of benzene rings is 1. The Bertz CT molecular complexity index is 1170. The predicted octanol–water partition coefficient (Wildman–Crippen LogP) is 4.45. The molecule has 0 amide bonds. The number of sulfonamides is 1. The third-order valence-corrected chi connectivity index (χ3v) is 10.3. The molecule has 2 heterocycles. The number of ether oxygens (including phenoxy) is 1. The maximum atomic E-state index is 13.2. The lowest BCUT2D eigenvalue weighted by molar-refractivity contribution is -0.0498. The average molecular weight is 505 g/mol. The number of rotatable bonds is 7. The lowest BCUT2D eigenvalue weighted by atomic mass is 9.49. The molecule has 35 heavy (non-hydrogen) atoms. The van der Waals surface area contributed by atoms with Crippen LogP contribution in [0.2, 0.25) is 0 Å². The zero-order valence-corrected chi connectivity index (χ0v) is 20.3. The molecular weight excluding hydrogens is 474 g/mol. The average Bonchev–Trinajstić information content (AvgIpc) is 2.81. The summed E-state index contributed by atoms with van der Waals surface area (Å²) >= 11 is 0. The number of nitrogens with zero attached hydrogens (tertiary/aromatic N) is 3. The van der Waals surface area contributed by atoms with Crippen LogP contribution in [0.5, 0.6) is 5.75 Å². The Kier molecular flexibility index (Phi) is 5.71. The fraction of sp³-hybridized carbons (Fsp3) is 0.600. The maximum absolute atomic E-state index is 13.2. The second-order valence-electron chi connectivity index (χ2n) is 10.9. The molecule has 1 aliphatic heterocycles. The Morgan fingerprint density at radius 2 is 1.71 bits per heavy atom. The van der Waals surface area contributed by atoms with Crippen LogP contribution in [0.1, 0.15) is 49.8 Å². The quantitative estimate of drug-likeness (QED) is 0.600. The SMILES string of the molecule is O=S(=O)(c1ccc(OC(F)F)cc1)N1CCc2c(ncnc2NCC23CC4CC(CC(C4)C2)C3)C1. The van der Waals surface area contributed by atoms with Gasteiger partial charge >= 0.3 is 6.61 Å². The Morgan fingerprint density at radius 3 is 2.34 bits per heavy atom. The van der Waals surface area contributed by atoms with E-state index in [9.17, 15) is 17.2 Å². The number of hydrogen-bond acceptors (Lipinski definition) is 6. The molecule has 0 atom stereocenters. The highest BCUT2D eigenvalue weighted by Gasteiger charge is 2.50. The number of fused-ring (bicyclic) bond motifs is 1. The van der Waals surface area contributed by atoms with E-state index < -0.39 is 16.6 Å². The van der Waals surface area contributed by atoms with Gasteiger partial charge < -0.3 is 10.1 Å². The summed E-state index contributed by atoms with van der Waals surface area (Å²) < 4.78 is 56.8. The number of alkyl halides is 2. The molecule has 0 radical (unpaired) electrons. The van der Waals surface area contributed by atoms with Crippen molar-refractivity contribution in [3.8, 4) is 5.75 Å². The minimum Gasteiger partial charge on any atom is -0.435 e. The van der Waals surface area contributed by atoms with Gasteiger partial charge in [0.25, 0.3) is 0 Å². The van der Waals surface area contributed by atoms with Gasteiger partial charge in [0.15, 0.2) is 0 Å². The van der Waals surface area contributed by atoms with Crippen LogP contribution in [0.15, 0.2) is 35.5 Å². The molecule has 1 aromatic heterocycles. The van der Waals surface area contributed by atoms with Crippen molar-refractivity contribution < 1.29 is 21.9 Å². The number of anilines is 1. The summed E-state index contributed by atoms with van der Waals surface area (Å²) in [7, 11) is -3.80. The van der Waals surface area contributed by atoms with Crippen LogP contribution in [-0.2, 0) is 23.0 Å².